The predicted octanol–water partition coefficient (Wildman–Crippen LogP) is 4.56. The lowest BCUT2D eigenvalue weighted by Gasteiger charge is -2.33. The molecule has 4 aromatic rings. The van der Waals surface area contributed by atoms with Crippen LogP contribution in [0.2, 0.25) is 0 Å². The topological polar surface area (TPSA) is 81.0 Å². The van der Waals surface area contributed by atoms with Crippen LogP contribution in [-0.2, 0) is 11.3 Å². The Labute approximate surface area is 217 Å². The summed E-state index contributed by atoms with van der Waals surface area (Å²) in [5.41, 5.74) is 6.41. The summed E-state index contributed by atoms with van der Waals surface area (Å²) in [6, 6.07) is 14.2. The van der Waals surface area contributed by atoms with Crippen molar-refractivity contribution >= 4 is 17.2 Å². The van der Waals surface area contributed by atoms with Crippen LogP contribution in [0.5, 0.6) is 11.5 Å². The highest BCUT2D eigenvalue weighted by Gasteiger charge is 2.28. The monoisotopic (exact) mass is 499 g/mol. The van der Waals surface area contributed by atoms with Crippen LogP contribution in [0.25, 0.3) is 16.8 Å². The molecule has 0 saturated carbocycles. The molecule has 2 aromatic heterocycles. The molecule has 1 N–H and O–H groups in total. The maximum atomic E-state index is 13.1. The smallest absolute Gasteiger partial charge is 0.225 e. The molecule has 0 aliphatic carbocycles. The molecular weight excluding hydrogens is 466 g/mol. The number of carbonyl (C=O) groups is 1. The van der Waals surface area contributed by atoms with Gasteiger partial charge in [0, 0.05) is 37.6 Å². The van der Waals surface area contributed by atoms with E-state index >= 15 is 0 Å². The van der Waals surface area contributed by atoms with Crippen molar-refractivity contribution in [3.05, 3.63) is 71.5 Å². The fourth-order valence-corrected chi connectivity index (χ4v) is 4.90. The highest BCUT2D eigenvalue weighted by molar-refractivity contribution is 5.81. The second-order valence-corrected chi connectivity index (χ2v) is 9.60. The number of rotatable bonds is 7. The normalized spacial score (nSPS) is 15.6. The molecule has 37 heavy (non-hydrogen) atoms. The number of amides is 1. The minimum atomic E-state index is -0.113. The molecule has 8 nitrogen and oxygen atoms in total. The van der Waals surface area contributed by atoms with Gasteiger partial charge in [-0.1, -0.05) is 18.2 Å². The van der Waals surface area contributed by atoms with Gasteiger partial charge in [-0.15, -0.1) is 0 Å². The number of nitrogens with zero attached hydrogens (tertiary/aromatic N) is 4. The molecule has 1 amide bonds. The second-order valence-electron chi connectivity index (χ2n) is 9.60. The van der Waals surface area contributed by atoms with E-state index in [1.807, 2.05) is 28.9 Å². The third-order valence-electron chi connectivity index (χ3n) is 7.18. The van der Waals surface area contributed by atoms with Crippen LogP contribution in [0.3, 0.4) is 0 Å². The van der Waals surface area contributed by atoms with Gasteiger partial charge >= 0.3 is 0 Å². The minimum Gasteiger partial charge on any atom is -0.493 e. The lowest BCUT2D eigenvalue weighted by atomic mass is 9.97. The molecule has 1 saturated heterocycles. The van der Waals surface area contributed by atoms with E-state index in [1.54, 1.807) is 20.4 Å². The number of ether oxygens (including phenoxy) is 2. The third kappa shape index (κ3) is 5.09. The summed E-state index contributed by atoms with van der Waals surface area (Å²) in [6.07, 6.45) is 5.43. The van der Waals surface area contributed by atoms with Crippen molar-refractivity contribution in [2.45, 2.75) is 33.2 Å². The van der Waals surface area contributed by atoms with E-state index in [0.29, 0.717) is 24.6 Å². The summed E-state index contributed by atoms with van der Waals surface area (Å²) < 4.78 is 12.6. The fourth-order valence-electron chi connectivity index (χ4n) is 4.90. The first-order valence-electron chi connectivity index (χ1n) is 12.6. The van der Waals surface area contributed by atoms with E-state index in [-0.39, 0.29) is 11.8 Å². The molecule has 1 aliphatic rings. The number of aryl methyl sites for hydroxylation is 2. The zero-order valence-corrected chi connectivity index (χ0v) is 21.8. The lowest BCUT2D eigenvalue weighted by molar-refractivity contribution is -0.125. The molecule has 5 rings (SSSR count). The molecule has 1 atom stereocenters. The lowest BCUT2D eigenvalue weighted by Crippen LogP contribution is -2.43. The number of aromatic nitrogens is 3. The number of anilines is 1. The Kier molecular flexibility index (Phi) is 6.99. The Morgan fingerprint density at radius 3 is 2.68 bits per heavy atom. The van der Waals surface area contributed by atoms with E-state index in [2.05, 4.69) is 48.3 Å². The van der Waals surface area contributed by atoms with Gasteiger partial charge in [-0.05, 0) is 67.6 Å². The zero-order chi connectivity index (χ0) is 25.9. The standard InChI is InChI=1S/C29H33N5O3/c1-19-7-9-22(14-20(19)2)24-16-25-28(30-11-13-34(25)32-24)33-12-5-6-23(18-33)29(35)31-17-21-8-10-26(36-3)27(15-21)37-4/h7-11,13-16,23H,5-6,12,17-18H2,1-4H3,(H,31,35)/t23-/m1/s1. The van der Waals surface area contributed by atoms with Crippen LogP contribution < -0.4 is 19.7 Å². The van der Waals surface area contributed by atoms with E-state index in [9.17, 15) is 4.79 Å². The number of methoxy groups -OCH3 is 2. The molecule has 0 radical (unpaired) electrons. The van der Waals surface area contributed by atoms with Crippen LogP contribution in [0.4, 0.5) is 5.82 Å². The SMILES string of the molecule is COc1ccc(CNC(=O)[C@@H]2CCCN(c3nccn4nc(-c5ccc(C)c(C)c5)cc34)C2)cc1OC. The first kappa shape index (κ1) is 24.6. The Morgan fingerprint density at radius 1 is 1.05 bits per heavy atom. The summed E-state index contributed by atoms with van der Waals surface area (Å²) in [5, 5.41) is 7.91. The van der Waals surface area contributed by atoms with Crippen molar-refractivity contribution in [3.63, 3.8) is 0 Å². The molecule has 0 bridgehead atoms. The Hall–Kier alpha value is -4.07. The van der Waals surface area contributed by atoms with E-state index in [1.165, 1.54) is 11.1 Å². The van der Waals surface area contributed by atoms with Gasteiger partial charge in [0.25, 0.3) is 0 Å². The quantitative estimate of drug-likeness (QED) is 0.401. The molecule has 0 unspecified atom stereocenters. The molecular formula is C29H33N5O3. The summed E-state index contributed by atoms with van der Waals surface area (Å²) in [4.78, 5) is 20.0. The summed E-state index contributed by atoms with van der Waals surface area (Å²) in [6.45, 7) is 6.14. The number of hydrogen-bond donors (Lipinski definition) is 1. The van der Waals surface area contributed by atoms with Gasteiger partial charge in [0.05, 0.1) is 25.8 Å². The highest BCUT2D eigenvalue weighted by atomic mass is 16.5. The molecule has 3 heterocycles. The van der Waals surface area contributed by atoms with Crippen molar-refractivity contribution in [2.75, 3.05) is 32.2 Å². The minimum absolute atomic E-state index is 0.0516. The summed E-state index contributed by atoms with van der Waals surface area (Å²) >= 11 is 0. The van der Waals surface area contributed by atoms with Crippen molar-refractivity contribution in [1.82, 2.24) is 19.9 Å². The van der Waals surface area contributed by atoms with Gasteiger partial charge in [0.15, 0.2) is 17.3 Å². The largest absolute Gasteiger partial charge is 0.493 e. The first-order valence-corrected chi connectivity index (χ1v) is 12.6. The maximum absolute atomic E-state index is 13.1. The van der Waals surface area contributed by atoms with Gasteiger partial charge in [-0.3, -0.25) is 4.79 Å². The number of nitrogens with one attached hydrogen (secondary N) is 1. The van der Waals surface area contributed by atoms with Crippen LogP contribution in [0, 0.1) is 19.8 Å². The van der Waals surface area contributed by atoms with Crippen molar-refractivity contribution in [2.24, 2.45) is 5.92 Å². The second kappa shape index (κ2) is 10.5. The molecule has 192 valence electrons. The van der Waals surface area contributed by atoms with Crippen LogP contribution in [-0.4, -0.2) is 47.8 Å². The molecule has 2 aromatic carbocycles. The van der Waals surface area contributed by atoms with Gasteiger partial charge in [-0.2, -0.15) is 5.10 Å². The van der Waals surface area contributed by atoms with Gasteiger partial charge < -0.3 is 19.7 Å². The third-order valence-corrected chi connectivity index (χ3v) is 7.18. The van der Waals surface area contributed by atoms with Crippen LogP contribution in [0.15, 0.2) is 54.9 Å². The molecule has 0 spiro atoms. The van der Waals surface area contributed by atoms with Crippen molar-refractivity contribution < 1.29 is 14.3 Å². The fraction of sp³-hybridized carbons (Fsp3) is 0.345. The summed E-state index contributed by atoms with van der Waals surface area (Å²) in [7, 11) is 3.22. The highest BCUT2D eigenvalue weighted by Crippen LogP contribution is 2.30. The number of hydrogen-bond acceptors (Lipinski definition) is 6. The van der Waals surface area contributed by atoms with Gasteiger partial charge in [0.1, 0.15) is 5.52 Å². The molecule has 8 heteroatoms. The average Bonchev–Trinajstić information content (AvgIpc) is 3.37. The average molecular weight is 500 g/mol. The maximum Gasteiger partial charge on any atom is 0.225 e. The van der Waals surface area contributed by atoms with E-state index in [4.69, 9.17) is 19.6 Å². The Bertz CT molecular complexity index is 1430. The number of piperidine rings is 1. The Balaban J connectivity index is 1.31. The van der Waals surface area contributed by atoms with Gasteiger partial charge in [0.2, 0.25) is 5.91 Å². The number of fused-ring (bicyclic) bond motifs is 1. The number of carbonyl (C=O) groups excluding carboxylic acids is 1. The number of benzene rings is 2. The van der Waals surface area contributed by atoms with E-state index in [0.717, 1.165) is 47.5 Å². The Morgan fingerprint density at radius 2 is 1.89 bits per heavy atom. The van der Waals surface area contributed by atoms with Crippen molar-refractivity contribution in [3.8, 4) is 22.8 Å². The summed E-state index contributed by atoms with van der Waals surface area (Å²) in [5.74, 6) is 2.12. The van der Waals surface area contributed by atoms with Crippen LogP contribution in [0.1, 0.15) is 29.5 Å². The zero-order valence-electron chi connectivity index (χ0n) is 21.8. The first-order chi connectivity index (χ1) is 18.0. The van der Waals surface area contributed by atoms with Gasteiger partial charge in [-0.25, -0.2) is 9.50 Å². The molecule has 1 aliphatic heterocycles. The predicted molar refractivity (Wildman–Crippen MR) is 144 cm³/mol. The molecule has 1 fully saturated rings. The van der Waals surface area contributed by atoms with Crippen LogP contribution >= 0.6 is 0 Å². The van der Waals surface area contributed by atoms with Crippen molar-refractivity contribution in [1.29, 1.82) is 0 Å². The van der Waals surface area contributed by atoms with E-state index < -0.39 is 0 Å².